The van der Waals surface area contributed by atoms with Crippen molar-refractivity contribution >= 4 is 11.3 Å². The summed E-state index contributed by atoms with van der Waals surface area (Å²) < 4.78 is 5.56. The van der Waals surface area contributed by atoms with E-state index in [2.05, 4.69) is 26.1 Å². The summed E-state index contributed by atoms with van der Waals surface area (Å²) in [6.45, 7) is 7.38. The van der Waals surface area contributed by atoms with Crippen molar-refractivity contribution < 1.29 is 4.74 Å². The van der Waals surface area contributed by atoms with Crippen LogP contribution >= 0.6 is 11.3 Å². The Morgan fingerprint density at radius 1 is 1.44 bits per heavy atom. The molecule has 1 aliphatic carbocycles. The second-order valence-corrected chi connectivity index (χ2v) is 6.29. The third-order valence-corrected chi connectivity index (χ3v) is 5.40. The van der Waals surface area contributed by atoms with Gasteiger partial charge in [-0.3, -0.25) is 0 Å². The van der Waals surface area contributed by atoms with Crippen molar-refractivity contribution in [3.8, 4) is 0 Å². The molecule has 2 unspecified atom stereocenters. The van der Waals surface area contributed by atoms with E-state index in [-0.39, 0.29) is 11.6 Å². The fourth-order valence-corrected chi connectivity index (χ4v) is 3.92. The maximum absolute atomic E-state index is 5.56. The van der Waals surface area contributed by atoms with Crippen molar-refractivity contribution in [2.24, 2.45) is 0 Å². The predicted octanol–water partition coefficient (Wildman–Crippen LogP) is 2.88. The van der Waals surface area contributed by atoms with Crippen LogP contribution in [-0.4, -0.2) is 24.7 Å². The van der Waals surface area contributed by atoms with Crippen LogP contribution in [0.3, 0.4) is 0 Å². The zero-order valence-corrected chi connectivity index (χ0v) is 12.7. The number of aromatic nitrogens is 1. The lowest BCUT2D eigenvalue weighted by Gasteiger charge is -2.33. The van der Waals surface area contributed by atoms with Gasteiger partial charge in [0.15, 0.2) is 0 Å². The summed E-state index contributed by atoms with van der Waals surface area (Å²) in [7, 11) is 1.77. The van der Waals surface area contributed by atoms with Gasteiger partial charge in [-0.1, -0.05) is 6.92 Å². The van der Waals surface area contributed by atoms with Crippen LogP contribution in [-0.2, 0) is 23.1 Å². The lowest BCUT2D eigenvalue weighted by molar-refractivity contribution is 0.0369. The van der Waals surface area contributed by atoms with Gasteiger partial charge in [0.1, 0.15) is 5.01 Å². The molecule has 0 aliphatic heterocycles. The van der Waals surface area contributed by atoms with Gasteiger partial charge < -0.3 is 10.1 Å². The number of nitrogens with one attached hydrogen (secondary N) is 1. The summed E-state index contributed by atoms with van der Waals surface area (Å²) in [4.78, 5) is 6.38. The number of fused-ring (bicyclic) bond motifs is 1. The molecule has 1 heterocycles. The quantitative estimate of drug-likeness (QED) is 0.891. The first-order valence-electron chi connectivity index (χ1n) is 6.88. The van der Waals surface area contributed by atoms with Gasteiger partial charge in [-0.05, 0) is 46.1 Å². The summed E-state index contributed by atoms with van der Waals surface area (Å²) >= 11 is 1.87. The maximum atomic E-state index is 5.56. The molecule has 4 heteroatoms. The number of ether oxygens (including phenoxy) is 1. The monoisotopic (exact) mass is 268 g/mol. The second-order valence-electron chi connectivity index (χ2n) is 5.21. The average molecular weight is 268 g/mol. The van der Waals surface area contributed by atoms with Crippen molar-refractivity contribution in [2.75, 3.05) is 13.7 Å². The van der Waals surface area contributed by atoms with Crippen LogP contribution in [0.2, 0.25) is 0 Å². The van der Waals surface area contributed by atoms with Crippen molar-refractivity contribution in [1.82, 2.24) is 10.3 Å². The van der Waals surface area contributed by atoms with Gasteiger partial charge in [0, 0.05) is 12.0 Å². The number of likely N-dealkylation sites (N-methyl/N-ethyl adjacent to an activating group) is 1. The molecule has 2 atom stereocenters. The molecule has 1 aromatic heterocycles. The van der Waals surface area contributed by atoms with E-state index in [9.17, 15) is 0 Å². The summed E-state index contributed by atoms with van der Waals surface area (Å²) in [6.07, 6.45) is 5.07. The molecule has 18 heavy (non-hydrogen) atoms. The van der Waals surface area contributed by atoms with Gasteiger partial charge >= 0.3 is 0 Å². The van der Waals surface area contributed by atoms with E-state index < -0.39 is 0 Å². The number of methoxy groups -OCH3 is 1. The normalized spacial score (nSPS) is 20.2. The van der Waals surface area contributed by atoms with Crippen LogP contribution in [0.15, 0.2) is 0 Å². The molecule has 1 aromatic rings. The topological polar surface area (TPSA) is 34.2 Å². The largest absolute Gasteiger partial charge is 0.379 e. The van der Waals surface area contributed by atoms with E-state index in [1.54, 1.807) is 7.11 Å². The minimum absolute atomic E-state index is 0.116. The highest BCUT2D eigenvalue weighted by Gasteiger charge is 2.36. The smallest absolute Gasteiger partial charge is 0.116 e. The number of rotatable bonds is 5. The van der Waals surface area contributed by atoms with Gasteiger partial charge in [-0.2, -0.15) is 0 Å². The van der Waals surface area contributed by atoms with Crippen LogP contribution < -0.4 is 5.32 Å². The van der Waals surface area contributed by atoms with Gasteiger partial charge in [0.25, 0.3) is 0 Å². The van der Waals surface area contributed by atoms with Gasteiger partial charge in [0.05, 0.1) is 17.3 Å². The van der Waals surface area contributed by atoms with E-state index >= 15 is 0 Å². The predicted molar refractivity (Wildman–Crippen MR) is 76.3 cm³/mol. The molecule has 1 N–H and O–H groups in total. The molecule has 0 bridgehead atoms. The number of aryl methyl sites for hydroxylation is 2. The molecule has 0 aromatic carbocycles. The Kier molecular flexibility index (Phi) is 4.41. The Bertz CT molecular complexity index is 381. The Balaban J connectivity index is 2.33. The molecular formula is C14H24N2OS. The Morgan fingerprint density at radius 2 is 2.17 bits per heavy atom. The van der Waals surface area contributed by atoms with Crippen molar-refractivity contribution in [1.29, 1.82) is 0 Å². The molecule has 0 saturated heterocycles. The van der Waals surface area contributed by atoms with E-state index in [1.807, 2.05) is 11.3 Å². The summed E-state index contributed by atoms with van der Waals surface area (Å²) in [5.41, 5.74) is 1.15. The first kappa shape index (κ1) is 14.0. The van der Waals surface area contributed by atoms with Crippen molar-refractivity contribution in [3.63, 3.8) is 0 Å². The average Bonchev–Trinajstić information content (AvgIpc) is 2.82. The fourth-order valence-electron chi connectivity index (χ4n) is 2.57. The van der Waals surface area contributed by atoms with Crippen LogP contribution in [0.5, 0.6) is 0 Å². The van der Waals surface area contributed by atoms with Crippen LogP contribution in [0.25, 0.3) is 0 Å². The fraction of sp³-hybridized carbons (Fsp3) is 0.786. The zero-order chi connectivity index (χ0) is 13.2. The minimum atomic E-state index is -0.175. The Morgan fingerprint density at radius 3 is 2.78 bits per heavy atom. The molecule has 1 aliphatic rings. The third kappa shape index (κ3) is 2.46. The van der Waals surface area contributed by atoms with E-state index in [0.29, 0.717) is 0 Å². The van der Waals surface area contributed by atoms with Gasteiger partial charge in [0.2, 0.25) is 0 Å². The van der Waals surface area contributed by atoms with Crippen molar-refractivity contribution in [2.45, 2.75) is 58.1 Å². The summed E-state index contributed by atoms with van der Waals surface area (Å²) in [5.74, 6) is 0. The molecule has 0 amide bonds. The first-order valence-corrected chi connectivity index (χ1v) is 7.70. The molecule has 102 valence electrons. The highest BCUT2D eigenvalue weighted by Crippen LogP contribution is 2.34. The number of nitrogens with zero attached hydrogens (tertiary/aromatic N) is 1. The third-order valence-electron chi connectivity index (χ3n) is 4.00. The maximum Gasteiger partial charge on any atom is 0.116 e. The first-order chi connectivity index (χ1) is 8.61. The van der Waals surface area contributed by atoms with E-state index in [0.717, 1.165) is 13.0 Å². The van der Waals surface area contributed by atoms with Gasteiger partial charge in [-0.15, -0.1) is 11.3 Å². The molecule has 0 spiro atoms. The highest BCUT2D eigenvalue weighted by molar-refractivity contribution is 7.11. The lowest BCUT2D eigenvalue weighted by atomic mass is 9.96. The Hall–Kier alpha value is -0.450. The Labute approximate surface area is 114 Å². The molecule has 2 rings (SSSR count). The van der Waals surface area contributed by atoms with Crippen molar-refractivity contribution in [3.05, 3.63) is 15.6 Å². The zero-order valence-electron chi connectivity index (χ0n) is 11.9. The molecule has 3 nitrogen and oxygen atoms in total. The number of hydrogen-bond acceptors (Lipinski definition) is 4. The lowest BCUT2D eigenvalue weighted by Crippen LogP contribution is -2.48. The molecule has 0 saturated carbocycles. The molecule has 0 radical (unpaired) electrons. The van der Waals surface area contributed by atoms with Crippen LogP contribution in [0.1, 0.15) is 49.2 Å². The van der Waals surface area contributed by atoms with Crippen LogP contribution in [0.4, 0.5) is 0 Å². The number of hydrogen-bond donors (Lipinski definition) is 1. The standard InChI is InChI=1S/C14H24N2OS/c1-5-15-14(3,10(2)17-4)13-16-11-8-6-7-9-12(11)18-13/h10,15H,5-9H2,1-4H3. The molecular weight excluding hydrogens is 244 g/mol. The number of thiazole rings is 1. The summed E-state index contributed by atoms with van der Waals surface area (Å²) in [5, 5.41) is 4.74. The molecule has 0 fully saturated rings. The second kappa shape index (κ2) is 5.68. The highest BCUT2D eigenvalue weighted by atomic mass is 32.1. The van der Waals surface area contributed by atoms with E-state index in [1.165, 1.54) is 34.8 Å². The SMILES string of the molecule is CCNC(C)(c1nc2c(s1)CCCC2)C(C)OC. The summed E-state index contributed by atoms with van der Waals surface area (Å²) in [6, 6.07) is 0. The van der Waals surface area contributed by atoms with Gasteiger partial charge in [-0.25, -0.2) is 4.98 Å². The van der Waals surface area contributed by atoms with Crippen LogP contribution in [0, 0.1) is 0 Å². The van der Waals surface area contributed by atoms with E-state index in [4.69, 9.17) is 9.72 Å². The minimum Gasteiger partial charge on any atom is -0.379 e.